The molecule has 3 heterocycles. The van der Waals surface area contributed by atoms with Gasteiger partial charge in [-0.3, -0.25) is 0 Å². The highest BCUT2D eigenvalue weighted by atomic mass is 16.7. The van der Waals surface area contributed by atoms with Crippen LogP contribution in [-0.2, 0) is 16.2 Å². The summed E-state index contributed by atoms with van der Waals surface area (Å²) in [7, 11) is 0. The van der Waals surface area contributed by atoms with Gasteiger partial charge in [0.2, 0.25) is 12.1 Å². The van der Waals surface area contributed by atoms with Gasteiger partial charge in [-0.2, -0.15) is 0 Å². The zero-order valence-corrected chi connectivity index (χ0v) is 44.9. The number of benzene rings is 2. The summed E-state index contributed by atoms with van der Waals surface area (Å²) in [5.41, 5.74) is 7.97. The average Bonchev–Trinajstić information content (AvgIpc) is 3.52. The van der Waals surface area contributed by atoms with Gasteiger partial charge in [-0.1, -0.05) is 124 Å². The molecule has 1 aliphatic carbocycles. The molecule has 3 aliphatic heterocycles. The largest absolute Gasteiger partial charge is 0.704 e. The lowest BCUT2D eigenvalue weighted by atomic mass is 9.69. The molecule has 1 spiro atoms. The van der Waals surface area contributed by atoms with Crippen molar-refractivity contribution in [3.8, 4) is 11.5 Å². The molecule has 1 saturated carbocycles. The Morgan fingerprint density at radius 3 is 1.38 bits per heavy atom. The van der Waals surface area contributed by atoms with Gasteiger partial charge in [0.15, 0.2) is 23.9 Å². The van der Waals surface area contributed by atoms with E-state index in [4.69, 9.17) is 9.47 Å². The molecule has 0 radical (unpaired) electrons. The maximum absolute atomic E-state index is 7.62. The van der Waals surface area contributed by atoms with Crippen LogP contribution in [0.4, 0.5) is 0 Å². The molecule has 6 nitrogen and oxygen atoms in total. The van der Waals surface area contributed by atoms with Crippen molar-refractivity contribution >= 4 is 12.4 Å². The first-order chi connectivity index (χ1) is 30.9. The van der Waals surface area contributed by atoms with E-state index in [9.17, 15) is 0 Å². The van der Waals surface area contributed by atoms with E-state index in [1.807, 2.05) is 0 Å². The molecular weight excluding hydrogens is 797 g/mol. The second kappa shape index (κ2) is 21.3. The summed E-state index contributed by atoms with van der Waals surface area (Å²) in [6.45, 7) is 43.7. The number of ether oxygens (including phenoxy) is 2. The van der Waals surface area contributed by atoms with Gasteiger partial charge in [0.1, 0.15) is 0 Å². The standard InChI is InChI=1S/C59H100N4O2/c1-15-22-29-58(30-25-38-62(32-16-2,33-17-3)34-18-4,31-26-39-63(35-19-5,36-20-6)37-21-7)50-40-46(8)54-47(42-50)44-60-52-27-23-24-28-53(52)61-45-48-41-49(56(9,10)11)43-51(57(12,13)14)55(48)65-59(60,61)64-54/h40-45,52-53H,15-39H2,1-14H3/q+4. The summed E-state index contributed by atoms with van der Waals surface area (Å²) < 4.78 is 22.9. The van der Waals surface area contributed by atoms with Crippen molar-refractivity contribution in [2.75, 3.05) is 52.4 Å². The molecule has 0 aromatic heterocycles. The van der Waals surface area contributed by atoms with E-state index in [0.29, 0.717) is 12.1 Å². The summed E-state index contributed by atoms with van der Waals surface area (Å²) in [5.74, 6) is 2.00. The van der Waals surface area contributed by atoms with Gasteiger partial charge in [-0.05, 0) is 135 Å². The van der Waals surface area contributed by atoms with Gasteiger partial charge in [-0.15, -0.1) is 0 Å². The summed E-state index contributed by atoms with van der Waals surface area (Å²) in [4.78, 5) is 0. The predicted molar refractivity (Wildman–Crippen MR) is 277 cm³/mol. The monoisotopic (exact) mass is 897 g/mol. The third-order valence-electron chi connectivity index (χ3n) is 16.6. The average molecular weight is 897 g/mol. The minimum atomic E-state index is -1.04. The maximum Gasteiger partial charge on any atom is 0.704 e. The fourth-order valence-corrected chi connectivity index (χ4v) is 13.7. The molecule has 3 atom stereocenters. The van der Waals surface area contributed by atoms with Crippen molar-refractivity contribution in [1.82, 2.24) is 0 Å². The van der Waals surface area contributed by atoms with Crippen molar-refractivity contribution in [3.05, 3.63) is 57.6 Å². The van der Waals surface area contributed by atoms with Crippen LogP contribution in [0.5, 0.6) is 11.5 Å². The number of aryl methyl sites for hydroxylation is 1. The molecule has 2 fully saturated rings. The van der Waals surface area contributed by atoms with E-state index in [1.54, 1.807) is 5.56 Å². The van der Waals surface area contributed by atoms with E-state index in [-0.39, 0.29) is 16.2 Å². The molecule has 4 aliphatic rings. The number of quaternary nitrogens is 2. The Morgan fingerprint density at radius 1 is 0.523 bits per heavy atom. The quantitative estimate of drug-likeness (QED) is 0.0775. The predicted octanol–water partition coefficient (Wildman–Crippen LogP) is 14.0. The number of hydrogen-bond donors (Lipinski definition) is 0. The van der Waals surface area contributed by atoms with Gasteiger partial charge in [-0.25, -0.2) is 0 Å². The molecule has 0 N–H and O–H groups in total. The summed E-state index contributed by atoms with van der Waals surface area (Å²) in [6.07, 6.45) is 26.3. The Morgan fingerprint density at radius 2 is 0.954 bits per heavy atom. The Labute approximate surface area is 400 Å². The third kappa shape index (κ3) is 10.8. The smallest absolute Gasteiger partial charge is 0.340 e. The topological polar surface area (TPSA) is 24.5 Å². The zero-order valence-electron chi connectivity index (χ0n) is 44.9. The van der Waals surface area contributed by atoms with E-state index < -0.39 is 6.03 Å². The lowest BCUT2D eigenvalue weighted by Crippen LogP contribution is -2.60. The van der Waals surface area contributed by atoms with Crippen LogP contribution in [0.15, 0.2) is 24.3 Å². The number of rotatable bonds is 24. The van der Waals surface area contributed by atoms with Gasteiger partial charge in [0.05, 0.1) is 63.5 Å². The van der Waals surface area contributed by atoms with Crippen LogP contribution in [0.25, 0.3) is 0 Å². The molecule has 65 heavy (non-hydrogen) atoms. The van der Waals surface area contributed by atoms with Crippen molar-refractivity contribution in [1.29, 1.82) is 0 Å². The van der Waals surface area contributed by atoms with Crippen LogP contribution in [0, 0.1) is 6.92 Å². The van der Waals surface area contributed by atoms with Gasteiger partial charge >= 0.3 is 6.03 Å². The molecule has 3 unspecified atom stereocenters. The normalized spacial score (nSPS) is 20.8. The van der Waals surface area contributed by atoms with Gasteiger partial charge in [0, 0.05) is 18.4 Å². The minimum absolute atomic E-state index is 0.0310. The second-order valence-corrected chi connectivity index (χ2v) is 24.0. The summed E-state index contributed by atoms with van der Waals surface area (Å²) in [5, 5.41) is 0. The molecule has 2 aromatic carbocycles. The minimum Gasteiger partial charge on any atom is -0.340 e. The summed E-state index contributed by atoms with van der Waals surface area (Å²) in [6, 6.07) is 9.67. The van der Waals surface area contributed by atoms with Crippen LogP contribution in [-0.4, -0.2) is 101 Å². The number of fused-ring (bicyclic) bond motifs is 5. The number of unbranched alkanes of at least 4 members (excludes halogenated alkanes) is 1. The molecule has 1 saturated heterocycles. The highest BCUT2D eigenvalue weighted by Crippen LogP contribution is 2.50. The maximum atomic E-state index is 7.62. The van der Waals surface area contributed by atoms with E-state index >= 15 is 0 Å². The molecule has 364 valence electrons. The fourth-order valence-electron chi connectivity index (χ4n) is 13.7. The van der Waals surface area contributed by atoms with Crippen LogP contribution in [0.3, 0.4) is 0 Å². The number of nitrogens with zero attached hydrogens (tertiary/aromatic N) is 4. The molecule has 0 bridgehead atoms. The highest BCUT2D eigenvalue weighted by Gasteiger charge is 2.76. The lowest BCUT2D eigenvalue weighted by Gasteiger charge is -2.42. The Balaban J connectivity index is 1.48. The first kappa shape index (κ1) is 51.7. The Hall–Kier alpha value is -2.70. The first-order valence-corrected chi connectivity index (χ1v) is 27.6. The highest BCUT2D eigenvalue weighted by molar-refractivity contribution is 5.85. The van der Waals surface area contributed by atoms with E-state index in [2.05, 4.69) is 143 Å². The lowest BCUT2D eigenvalue weighted by molar-refractivity contribution is -0.928. The Bertz CT molecular complexity index is 1900. The first-order valence-electron chi connectivity index (χ1n) is 27.6. The van der Waals surface area contributed by atoms with Crippen LogP contribution < -0.4 is 9.47 Å². The van der Waals surface area contributed by atoms with Crippen molar-refractivity contribution < 1.29 is 27.6 Å². The molecular formula is C59H100N4O2+4. The molecule has 6 rings (SSSR count). The van der Waals surface area contributed by atoms with Crippen molar-refractivity contribution in [3.63, 3.8) is 0 Å². The van der Waals surface area contributed by atoms with Crippen LogP contribution >= 0.6 is 0 Å². The molecule has 2 aromatic rings. The molecule has 6 heteroatoms. The van der Waals surface area contributed by atoms with Crippen molar-refractivity contribution in [2.45, 2.75) is 240 Å². The zero-order chi connectivity index (χ0) is 47.3. The van der Waals surface area contributed by atoms with Gasteiger partial charge < -0.3 is 18.4 Å². The van der Waals surface area contributed by atoms with E-state index in [0.717, 1.165) is 24.3 Å². The van der Waals surface area contributed by atoms with Crippen LogP contribution in [0.2, 0.25) is 0 Å². The van der Waals surface area contributed by atoms with Crippen molar-refractivity contribution in [2.24, 2.45) is 0 Å². The third-order valence-corrected chi connectivity index (χ3v) is 16.6. The second-order valence-electron chi connectivity index (χ2n) is 24.0. The van der Waals surface area contributed by atoms with E-state index in [1.165, 1.54) is 185 Å². The Kier molecular flexibility index (Phi) is 16.9. The van der Waals surface area contributed by atoms with Gasteiger partial charge in [0.25, 0.3) is 0 Å². The molecule has 0 amide bonds. The SMILES string of the molecule is CCCCC(CCC[N+](CCC)(CCC)CCC)(CCC[N+](CCC)(CCC)CCC)c1cc(C)c2c(c1)C=[N+]1C3CCCCC3[N+]3=Cc4cc(C(C)(C)C)cc(C(C)(C)C)c4OC13O2. The fraction of sp³-hybridized carbons (Fsp3) is 0.763. The summed E-state index contributed by atoms with van der Waals surface area (Å²) >= 11 is 0. The number of hydrogen-bond acceptors (Lipinski definition) is 2. The van der Waals surface area contributed by atoms with Crippen LogP contribution in [0.1, 0.15) is 233 Å².